The summed E-state index contributed by atoms with van der Waals surface area (Å²) in [4.78, 5) is 13.5. The van der Waals surface area contributed by atoms with E-state index in [1.807, 2.05) is 30.9 Å². The highest BCUT2D eigenvalue weighted by molar-refractivity contribution is 5.75. The Labute approximate surface area is 104 Å². The van der Waals surface area contributed by atoms with Gasteiger partial charge in [-0.3, -0.25) is 4.79 Å². The molecule has 0 bridgehead atoms. The van der Waals surface area contributed by atoms with Crippen LogP contribution in [0.15, 0.2) is 18.5 Å². The van der Waals surface area contributed by atoms with Gasteiger partial charge < -0.3 is 14.8 Å². The summed E-state index contributed by atoms with van der Waals surface area (Å²) in [6.07, 6.45) is 4.00. The molecule has 0 fully saturated rings. The van der Waals surface area contributed by atoms with Crippen LogP contribution in [0.1, 0.15) is 32.4 Å². The Hall–Kier alpha value is -1.29. The average molecular weight is 237 g/mol. The van der Waals surface area contributed by atoms with Crippen LogP contribution in [0.5, 0.6) is 0 Å². The molecular weight excluding hydrogens is 214 g/mol. The van der Waals surface area contributed by atoms with Crippen molar-refractivity contribution in [3.8, 4) is 0 Å². The first-order valence-corrected chi connectivity index (χ1v) is 6.21. The molecule has 1 amide bonds. The maximum atomic E-state index is 11.7. The van der Waals surface area contributed by atoms with Gasteiger partial charge in [-0.25, -0.2) is 0 Å². The number of hydrogen-bond acceptors (Lipinski definition) is 2. The Morgan fingerprint density at radius 2 is 2.24 bits per heavy atom. The van der Waals surface area contributed by atoms with Crippen LogP contribution in [-0.2, 0) is 11.3 Å². The Balaban J connectivity index is 2.59. The largest absolute Gasteiger partial charge is 0.345 e. The van der Waals surface area contributed by atoms with Crippen molar-refractivity contribution >= 4 is 5.91 Å². The fraction of sp³-hybridized carbons (Fsp3) is 0.615. The molecule has 0 aliphatic heterocycles. The predicted octanol–water partition coefficient (Wildman–Crippen LogP) is 1.64. The lowest BCUT2D eigenvalue weighted by Crippen LogP contribution is -2.29. The number of carbonyl (C=O) groups excluding carboxylic acids is 1. The van der Waals surface area contributed by atoms with Crippen molar-refractivity contribution in [1.82, 2.24) is 14.8 Å². The molecule has 1 rings (SSSR count). The second-order valence-corrected chi connectivity index (χ2v) is 4.30. The van der Waals surface area contributed by atoms with Crippen molar-refractivity contribution < 1.29 is 4.79 Å². The third-order valence-corrected chi connectivity index (χ3v) is 3.00. The zero-order valence-corrected chi connectivity index (χ0v) is 11.2. The minimum Gasteiger partial charge on any atom is -0.345 e. The Morgan fingerprint density at radius 1 is 1.53 bits per heavy atom. The van der Waals surface area contributed by atoms with Crippen LogP contribution in [0.4, 0.5) is 0 Å². The highest BCUT2D eigenvalue weighted by atomic mass is 16.2. The quantitative estimate of drug-likeness (QED) is 0.816. The van der Waals surface area contributed by atoms with E-state index in [1.54, 1.807) is 4.90 Å². The number of amides is 1. The van der Waals surface area contributed by atoms with E-state index >= 15 is 0 Å². The molecule has 1 aromatic heterocycles. The molecular formula is C13H23N3O. The molecule has 0 aliphatic rings. The summed E-state index contributed by atoms with van der Waals surface area (Å²) in [5.74, 6) is 0.144. The molecule has 1 unspecified atom stereocenters. The maximum Gasteiger partial charge on any atom is 0.242 e. The first-order valence-electron chi connectivity index (χ1n) is 6.21. The van der Waals surface area contributed by atoms with Crippen molar-refractivity contribution in [1.29, 1.82) is 0 Å². The van der Waals surface area contributed by atoms with E-state index in [9.17, 15) is 4.79 Å². The summed E-state index contributed by atoms with van der Waals surface area (Å²) in [5.41, 5.74) is 1.22. The molecule has 0 aromatic carbocycles. The zero-order chi connectivity index (χ0) is 12.8. The lowest BCUT2D eigenvalue weighted by atomic mass is 10.2. The molecule has 1 atom stereocenters. The van der Waals surface area contributed by atoms with Gasteiger partial charge in [0.1, 0.15) is 6.54 Å². The van der Waals surface area contributed by atoms with Crippen LogP contribution in [-0.4, -0.2) is 35.5 Å². The lowest BCUT2D eigenvalue weighted by molar-refractivity contribution is -0.130. The van der Waals surface area contributed by atoms with E-state index in [0.29, 0.717) is 12.6 Å². The number of nitrogens with one attached hydrogen (secondary N) is 1. The van der Waals surface area contributed by atoms with E-state index in [4.69, 9.17) is 0 Å². The standard InChI is InChI=1S/C13H23N3O/c1-5-14-11(3)12-7-8-16(9-12)10-13(17)15(4)6-2/h7-9,11,14H,5-6,10H2,1-4H3. The van der Waals surface area contributed by atoms with Crippen LogP contribution in [0.3, 0.4) is 0 Å². The zero-order valence-electron chi connectivity index (χ0n) is 11.2. The average Bonchev–Trinajstić information content (AvgIpc) is 2.76. The van der Waals surface area contributed by atoms with E-state index in [0.717, 1.165) is 13.1 Å². The molecule has 0 saturated heterocycles. The van der Waals surface area contributed by atoms with Gasteiger partial charge in [0.2, 0.25) is 5.91 Å². The summed E-state index contributed by atoms with van der Waals surface area (Å²) in [6, 6.07) is 2.40. The third-order valence-electron chi connectivity index (χ3n) is 3.00. The van der Waals surface area contributed by atoms with Gasteiger partial charge in [-0.05, 0) is 32.0 Å². The second kappa shape index (κ2) is 6.45. The third kappa shape index (κ3) is 3.89. The van der Waals surface area contributed by atoms with E-state index in [-0.39, 0.29) is 5.91 Å². The highest BCUT2D eigenvalue weighted by Gasteiger charge is 2.09. The summed E-state index contributed by atoms with van der Waals surface area (Å²) in [5, 5.41) is 3.35. The normalized spacial score (nSPS) is 12.5. The monoisotopic (exact) mass is 237 g/mol. The first-order chi connectivity index (χ1) is 8.08. The van der Waals surface area contributed by atoms with Gasteiger partial charge in [0.15, 0.2) is 0 Å². The number of rotatable bonds is 6. The van der Waals surface area contributed by atoms with Crippen molar-refractivity contribution in [3.05, 3.63) is 24.0 Å². The van der Waals surface area contributed by atoms with Crippen LogP contribution in [0.25, 0.3) is 0 Å². The number of carbonyl (C=O) groups is 1. The van der Waals surface area contributed by atoms with Gasteiger partial charge in [-0.2, -0.15) is 0 Å². The summed E-state index contributed by atoms with van der Waals surface area (Å²) in [7, 11) is 1.83. The molecule has 1 N–H and O–H groups in total. The smallest absolute Gasteiger partial charge is 0.242 e. The number of nitrogens with zero attached hydrogens (tertiary/aromatic N) is 2. The van der Waals surface area contributed by atoms with Gasteiger partial charge in [-0.15, -0.1) is 0 Å². The van der Waals surface area contributed by atoms with Gasteiger partial charge in [0.05, 0.1) is 0 Å². The minimum absolute atomic E-state index is 0.144. The van der Waals surface area contributed by atoms with Gasteiger partial charge in [0, 0.05) is 32.0 Å². The minimum atomic E-state index is 0.144. The molecule has 4 heteroatoms. The maximum absolute atomic E-state index is 11.7. The van der Waals surface area contributed by atoms with E-state index < -0.39 is 0 Å². The fourth-order valence-electron chi connectivity index (χ4n) is 1.69. The van der Waals surface area contributed by atoms with Crippen molar-refractivity contribution in [2.75, 3.05) is 20.1 Å². The molecule has 0 saturated carbocycles. The predicted molar refractivity (Wildman–Crippen MR) is 69.8 cm³/mol. The van der Waals surface area contributed by atoms with Crippen molar-refractivity contribution in [2.24, 2.45) is 0 Å². The molecule has 96 valence electrons. The van der Waals surface area contributed by atoms with Crippen molar-refractivity contribution in [2.45, 2.75) is 33.4 Å². The molecule has 1 heterocycles. The van der Waals surface area contributed by atoms with E-state index in [2.05, 4.69) is 25.2 Å². The summed E-state index contributed by atoms with van der Waals surface area (Å²) >= 11 is 0. The molecule has 4 nitrogen and oxygen atoms in total. The Morgan fingerprint density at radius 3 is 2.82 bits per heavy atom. The number of likely N-dealkylation sites (N-methyl/N-ethyl adjacent to an activating group) is 1. The van der Waals surface area contributed by atoms with E-state index in [1.165, 1.54) is 5.56 Å². The molecule has 0 radical (unpaired) electrons. The fourth-order valence-corrected chi connectivity index (χ4v) is 1.69. The highest BCUT2D eigenvalue weighted by Crippen LogP contribution is 2.12. The lowest BCUT2D eigenvalue weighted by Gasteiger charge is -2.14. The topological polar surface area (TPSA) is 37.3 Å². The summed E-state index contributed by atoms with van der Waals surface area (Å²) < 4.78 is 1.94. The first kappa shape index (κ1) is 13.8. The Bertz CT molecular complexity index is 359. The van der Waals surface area contributed by atoms with Gasteiger partial charge >= 0.3 is 0 Å². The number of hydrogen-bond donors (Lipinski definition) is 1. The van der Waals surface area contributed by atoms with Gasteiger partial charge in [0.25, 0.3) is 0 Å². The van der Waals surface area contributed by atoms with Crippen LogP contribution >= 0.6 is 0 Å². The molecule has 17 heavy (non-hydrogen) atoms. The van der Waals surface area contributed by atoms with Crippen LogP contribution in [0, 0.1) is 0 Å². The Kier molecular flexibility index (Phi) is 5.22. The molecule has 0 aliphatic carbocycles. The van der Waals surface area contributed by atoms with Crippen LogP contribution < -0.4 is 5.32 Å². The number of aromatic nitrogens is 1. The van der Waals surface area contributed by atoms with Gasteiger partial charge in [-0.1, -0.05) is 6.92 Å². The second-order valence-electron chi connectivity index (χ2n) is 4.30. The molecule has 0 spiro atoms. The molecule has 1 aromatic rings. The SMILES string of the molecule is CCNC(C)c1ccn(CC(=O)N(C)CC)c1. The van der Waals surface area contributed by atoms with Crippen molar-refractivity contribution in [3.63, 3.8) is 0 Å². The van der Waals surface area contributed by atoms with Crippen LogP contribution in [0.2, 0.25) is 0 Å². The summed E-state index contributed by atoms with van der Waals surface area (Å²) in [6.45, 7) is 8.32.